The minimum atomic E-state index is -1.28. The third-order valence-corrected chi connectivity index (χ3v) is 3.34. The monoisotopic (exact) mass is 348 g/mol. The van der Waals surface area contributed by atoms with Crippen molar-refractivity contribution in [2.24, 2.45) is 0 Å². The summed E-state index contributed by atoms with van der Waals surface area (Å²) < 4.78 is -0.390. The van der Waals surface area contributed by atoms with Gasteiger partial charge in [-0.25, -0.2) is 0 Å². The molecular weight excluding hydrogens is 342 g/mol. The van der Waals surface area contributed by atoms with E-state index in [2.05, 4.69) is 15.9 Å². The molecule has 0 saturated heterocycles. The van der Waals surface area contributed by atoms with Crippen molar-refractivity contribution in [1.29, 1.82) is 0 Å². The average Bonchev–Trinajstić information content (AvgIpc) is 2.07. The standard InChI is InChI=1S/C10H9BrCl4/c1-2-6-3-7(12)4-9(11)8(6)5-10(13,14)15/h3-4H,2,5H2,1H3. The van der Waals surface area contributed by atoms with E-state index in [0.29, 0.717) is 11.4 Å². The normalized spacial score (nSPS) is 11.9. The number of rotatable bonds is 2. The van der Waals surface area contributed by atoms with Gasteiger partial charge >= 0.3 is 0 Å². The van der Waals surface area contributed by atoms with Crippen LogP contribution in [0.2, 0.25) is 5.02 Å². The fraction of sp³-hybridized carbons (Fsp3) is 0.400. The molecule has 0 radical (unpaired) electrons. The summed E-state index contributed by atoms with van der Waals surface area (Å²) in [5.74, 6) is 0. The Balaban J connectivity index is 3.15. The third-order valence-electron chi connectivity index (χ3n) is 2.01. The van der Waals surface area contributed by atoms with Gasteiger partial charge in [0.15, 0.2) is 3.79 Å². The molecule has 0 fully saturated rings. The van der Waals surface area contributed by atoms with Gasteiger partial charge < -0.3 is 0 Å². The SMILES string of the molecule is CCc1cc(Cl)cc(Br)c1CC(Cl)(Cl)Cl. The largest absolute Gasteiger partial charge is 0.194 e. The quantitative estimate of drug-likeness (QED) is 0.611. The van der Waals surface area contributed by atoms with Crippen molar-refractivity contribution in [3.63, 3.8) is 0 Å². The molecule has 1 aromatic rings. The Morgan fingerprint density at radius 1 is 1.27 bits per heavy atom. The average molecular weight is 351 g/mol. The maximum Gasteiger partial charge on any atom is 0.194 e. The lowest BCUT2D eigenvalue weighted by Crippen LogP contribution is -2.09. The second kappa shape index (κ2) is 5.46. The molecule has 15 heavy (non-hydrogen) atoms. The zero-order valence-electron chi connectivity index (χ0n) is 7.96. The van der Waals surface area contributed by atoms with Gasteiger partial charge in [-0.05, 0) is 29.7 Å². The first kappa shape index (κ1) is 13.9. The molecular formula is C10H9BrCl4. The van der Waals surface area contributed by atoms with Crippen LogP contribution in [-0.4, -0.2) is 3.79 Å². The Hall–Kier alpha value is 0.860. The summed E-state index contributed by atoms with van der Waals surface area (Å²) in [5, 5.41) is 0.687. The van der Waals surface area contributed by atoms with Gasteiger partial charge in [-0.3, -0.25) is 0 Å². The molecule has 0 amide bonds. The lowest BCUT2D eigenvalue weighted by atomic mass is 10.0. The zero-order valence-corrected chi connectivity index (χ0v) is 12.6. The molecule has 0 unspecified atom stereocenters. The first-order chi connectivity index (χ1) is 6.83. The molecule has 1 rings (SSSR count). The molecule has 0 atom stereocenters. The highest BCUT2D eigenvalue weighted by Crippen LogP contribution is 2.36. The van der Waals surface area contributed by atoms with Crippen molar-refractivity contribution in [3.8, 4) is 0 Å². The van der Waals surface area contributed by atoms with Gasteiger partial charge in [0.05, 0.1) is 0 Å². The van der Waals surface area contributed by atoms with E-state index in [1.165, 1.54) is 0 Å². The molecule has 1 aromatic carbocycles. The Kier molecular flexibility index (Phi) is 5.07. The van der Waals surface area contributed by atoms with Crippen molar-refractivity contribution in [1.82, 2.24) is 0 Å². The fourth-order valence-electron chi connectivity index (χ4n) is 1.37. The Labute approximate surface area is 118 Å². The molecule has 0 bridgehead atoms. The van der Waals surface area contributed by atoms with Crippen LogP contribution in [0.1, 0.15) is 18.1 Å². The second-order valence-corrected chi connectivity index (χ2v) is 6.98. The number of aryl methyl sites for hydroxylation is 1. The van der Waals surface area contributed by atoms with Gasteiger partial charge in [-0.2, -0.15) is 0 Å². The van der Waals surface area contributed by atoms with Crippen molar-refractivity contribution < 1.29 is 0 Å². The molecule has 84 valence electrons. The summed E-state index contributed by atoms with van der Waals surface area (Å²) in [7, 11) is 0. The molecule has 0 heterocycles. The van der Waals surface area contributed by atoms with Gasteiger partial charge in [0.1, 0.15) is 0 Å². The lowest BCUT2D eigenvalue weighted by molar-refractivity contribution is 0.965. The van der Waals surface area contributed by atoms with Crippen LogP contribution in [-0.2, 0) is 12.8 Å². The van der Waals surface area contributed by atoms with Gasteiger partial charge in [0, 0.05) is 15.9 Å². The van der Waals surface area contributed by atoms with Crippen molar-refractivity contribution in [2.75, 3.05) is 0 Å². The van der Waals surface area contributed by atoms with E-state index in [1.54, 1.807) is 0 Å². The summed E-state index contributed by atoms with van der Waals surface area (Å²) >= 11 is 26.7. The number of halogens is 5. The molecule has 0 saturated carbocycles. The number of benzene rings is 1. The van der Waals surface area contributed by atoms with E-state index in [-0.39, 0.29) is 0 Å². The van der Waals surface area contributed by atoms with Crippen LogP contribution in [0.3, 0.4) is 0 Å². The molecule has 0 aromatic heterocycles. The predicted octanol–water partition coefficient (Wildman–Crippen LogP) is 5.58. The smallest absolute Gasteiger partial charge is 0.0843 e. The summed E-state index contributed by atoms with van der Waals surface area (Å²) in [6, 6.07) is 3.71. The van der Waals surface area contributed by atoms with E-state index in [9.17, 15) is 0 Å². The molecule has 0 aliphatic carbocycles. The molecule has 5 heteroatoms. The zero-order chi connectivity index (χ0) is 11.6. The van der Waals surface area contributed by atoms with Crippen LogP contribution in [0, 0.1) is 0 Å². The number of alkyl halides is 3. The topological polar surface area (TPSA) is 0 Å². The van der Waals surface area contributed by atoms with Crippen LogP contribution >= 0.6 is 62.3 Å². The molecule has 0 N–H and O–H groups in total. The van der Waals surface area contributed by atoms with E-state index in [4.69, 9.17) is 46.4 Å². The first-order valence-corrected chi connectivity index (χ1v) is 6.67. The highest BCUT2D eigenvalue weighted by atomic mass is 79.9. The number of hydrogen-bond acceptors (Lipinski definition) is 0. The van der Waals surface area contributed by atoms with Gasteiger partial charge in [0.25, 0.3) is 0 Å². The van der Waals surface area contributed by atoms with Crippen molar-refractivity contribution in [2.45, 2.75) is 23.6 Å². The maximum atomic E-state index is 5.94. The Bertz CT molecular complexity index is 357. The lowest BCUT2D eigenvalue weighted by Gasteiger charge is -2.16. The second-order valence-electron chi connectivity index (χ2n) is 3.17. The number of hydrogen-bond donors (Lipinski definition) is 0. The van der Waals surface area contributed by atoms with E-state index in [0.717, 1.165) is 22.0 Å². The third kappa shape index (κ3) is 4.32. The Morgan fingerprint density at radius 2 is 1.87 bits per heavy atom. The summed E-state index contributed by atoms with van der Waals surface area (Å²) in [6.45, 7) is 2.04. The maximum absolute atomic E-state index is 5.94. The van der Waals surface area contributed by atoms with Crippen molar-refractivity contribution in [3.05, 3.63) is 32.8 Å². The molecule has 0 spiro atoms. The highest BCUT2D eigenvalue weighted by molar-refractivity contribution is 9.10. The highest BCUT2D eigenvalue weighted by Gasteiger charge is 2.23. The fourth-order valence-corrected chi connectivity index (χ4v) is 2.79. The molecule has 0 aliphatic rings. The van der Waals surface area contributed by atoms with Crippen molar-refractivity contribution >= 4 is 62.3 Å². The minimum absolute atomic E-state index is 0.374. The van der Waals surface area contributed by atoms with E-state index < -0.39 is 3.79 Å². The first-order valence-electron chi connectivity index (χ1n) is 4.37. The van der Waals surface area contributed by atoms with Crippen LogP contribution < -0.4 is 0 Å². The van der Waals surface area contributed by atoms with E-state index in [1.807, 2.05) is 19.1 Å². The van der Waals surface area contributed by atoms with Gasteiger partial charge in [0.2, 0.25) is 0 Å². The summed E-state index contributed by atoms with van der Waals surface area (Å²) in [6.07, 6.45) is 1.23. The van der Waals surface area contributed by atoms with Crippen LogP contribution in [0.25, 0.3) is 0 Å². The molecule has 0 nitrogen and oxygen atoms in total. The summed E-state index contributed by atoms with van der Waals surface area (Å²) in [5.41, 5.74) is 2.10. The van der Waals surface area contributed by atoms with E-state index >= 15 is 0 Å². The van der Waals surface area contributed by atoms with Crippen LogP contribution in [0.5, 0.6) is 0 Å². The van der Waals surface area contributed by atoms with Gasteiger partial charge in [-0.1, -0.05) is 69.3 Å². The molecule has 0 aliphatic heterocycles. The minimum Gasteiger partial charge on any atom is -0.0843 e. The van der Waals surface area contributed by atoms with Gasteiger partial charge in [-0.15, -0.1) is 0 Å². The van der Waals surface area contributed by atoms with Crippen LogP contribution in [0.15, 0.2) is 16.6 Å². The summed E-state index contributed by atoms with van der Waals surface area (Å²) in [4.78, 5) is 0. The Morgan fingerprint density at radius 3 is 2.33 bits per heavy atom. The van der Waals surface area contributed by atoms with Crippen LogP contribution in [0.4, 0.5) is 0 Å². The predicted molar refractivity (Wildman–Crippen MR) is 72.5 cm³/mol.